The van der Waals surface area contributed by atoms with Crippen LogP contribution in [0.25, 0.3) is 11.3 Å². The van der Waals surface area contributed by atoms with Gasteiger partial charge in [-0.1, -0.05) is 24.3 Å². The Morgan fingerprint density at radius 2 is 1.89 bits per heavy atom. The minimum absolute atomic E-state index is 0.283. The first kappa shape index (κ1) is 12.4. The second-order valence-corrected chi connectivity index (χ2v) is 4.10. The van der Waals surface area contributed by atoms with Gasteiger partial charge in [0.15, 0.2) is 0 Å². The van der Waals surface area contributed by atoms with Crippen LogP contribution in [-0.4, -0.2) is 22.8 Å². The van der Waals surface area contributed by atoms with Crippen molar-refractivity contribution >= 4 is 5.97 Å². The lowest BCUT2D eigenvalue weighted by atomic mass is 10.1. The summed E-state index contributed by atoms with van der Waals surface area (Å²) in [6.07, 6.45) is 0. The van der Waals surface area contributed by atoms with Crippen LogP contribution in [-0.2, 0) is 18.4 Å². The van der Waals surface area contributed by atoms with Gasteiger partial charge in [0.1, 0.15) is 5.69 Å². The molecule has 0 saturated carbocycles. The van der Waals surface area contributed by atoms with Crippen molar-refractivity contribution in [3.8, 4) is 11.3 Å². The fourth-order valence-electron chi connectivity index (χ4n) is 1.95. The predicted molar refractivity (Wildman–Crippen MR) is 68.5 cm³/mol. The van der Waals surface area contributed by atoms with Crippen LogP contribution in [0.4, 0.5) is 0 Å². The van der Waals surface area contributed by atoms with E-state index in [9.17, 15) is 4.79 Å². The Labute approximate surface area is 105 Å². The van der Waals surface area contributed by atoms with E-state index in [1.54, 1.807) is 24.8 Å². The molecule has 2 rings (SSSR count). The number of hydrogen-bond donors (Lipinski definition) is 1. The Kier molecular flexibility index (Phi) is 3.48. The van der Waals surface area contributed by atoms with Gasteiger partial charge in [0.05, 0.1) is 6.61 Å². The Balaban J connectivity index is 2.34. The molecule has 1 heterocycles. The highest BCUT2D eigenvalue weighted by Gasteiger charge is 2.11. The number of methoxy groups -OCH3 is 1. The molecule has 0 aliphatic carbocycles. The molecular formula is C14H15NO3. The van der Waals surface area contributed by atoms with Gasteiger partial charge in [0.2, 0.25) is 0 Å². The SMILES string of the molecule is COCc1ccc(-c2ccc(C(=O)O)n2C)cc1. The van der Waals surface area contributed by atoms with Crippen LogP contribution in [0.5, 0.6) is 0 Å². The van der Waals surface area contributed by atoms with Gasteiger partial charge in [0, 0.05) is 19.9 Å². The standard InChI is InChI=1S/C14H15NO3/c1-15-12(7-8-13(15)14(16)17)11-5-3-10(4-6-11)9-18-2/h3-8H,9H2,1-2H3,(H,16,17). The van der Waals surface area contributed by atoms with Crippen molar-refractivity contribution in [2.24, 2.45) is 7.05 Å². The molecule has 94 valence electrons. The number of nitrogens with zero attached hydrogens (tertiary/aromatic N) is 1. The van der Waals surface area contributed by atoms with Gasteiger partial charge in [-0.2, -0.15) is 0 Å². The highest BCUT2D eigenvalue weighted by molar-refractivity contribution is 5.87. The van der Waals surface area contributed by atoms with Crippen LogP contribution in [0.2, 0.25) is 0 Å². The van der Waals surface area contributed by atoms with Crippen LogP contribution in [0.1, 0.15) is 16.1 Å². The average molecular weight is 245 g/mol. The lowest BCUT2D eigenvalue weighted by molar-refractivity contribution is 0.0687. The van der Waals surface area contributed by atoms with Gasteiger partial charge in [0.25, 0.3) is 0 Å². The lowest BCUT2D eigenvalue weighted by Gasteiger charge is -2.06. The maximum Gasteiger partial charge on any atom is 0.352 e. The fourth-order valence-corrected chi connectivity index (χ4v) is 1.95. The normalized spacial score (nSPS) is 10.6. The maximum atomic E-state index is 11.0. The van der Waals surface area contributed by atoms with E-state index in [0.717, 1.165) is 16.8 Å². The zero-order valence-corrected chi connectivity index (χ0v) is 10.4. The quantitative estimate of drug-likeness (QED) is 0.900. The van der Waals surface area contributed by atoms with E-state index < -0.39 is 5.97 Å². The highest BCUT2D eigenvalue weighted by atomic mass is 16.5. The average Bonchev–Trinajstić information content (AvgIpc) is 2.73. The molecule has 0 amide bonds. The topological polar surface area (TPSA) is 51.5 Å². The summed E-state index contributed by atoms with van der Waals surface area (Å²) in [6, 6.07) is 11.3. The molecule has 0 unspecified atom stereocenters. The molecule has 0 atom stereocenters. The number of rotatable bonds is 4. The monoisotopic (exact) mass is 245 g/mol. The van der Waals surface area contributed by atoms with Crippen molar-refractivity contribution in [3.05, 3.63) is 47.7 Å². The van der Waals surface area contributed by atoms with E-state index in [4.69, 9.17) is 9.84 Å². The molecule has 0 aliphatic rings. The molecule has 4 nitrogen and oxygen atoms in total. The summed E-state index contributed by atoms with van der Waals surface area (Å²) in [7, 11) is 3.41. The second kappa shape index (κ2) is 5.06. The molecule has 0 spiro atoms. The van der Waals surface area contributed by atoms with Gasteiger partial charge < -0.3 is 14.4 Å². The highest BCUT2D eigenvalue weighted by Crippen LogP contribution is 2.22. The molecule has 0 bridgehead atoms. The smallest absolute Gasteiger partial charge is 0.352 e. The third-order valence-electron chi connectivity index (χ3n) is 2.90. The van der Waals surface area contributed by atoms with Crippen molar-refractivity contribution in [3.63, 3.8) is 0 Å². The molecule has 1 aromatic carbocycles. The van der Waals surface area contributed by atoms with E-state index >= 15 is 0 Å². The van der Waals surface area contributed by atoms with E-state index in [-0.39, 0.29) is 5.69 Å². The van der Waals surface area contributed by atoms with Gasteiger partial charge in [-0.3, -0.25) is 0 Å². The van der Waals surface area contributed by atoms with E-state index in [0.29, 0.717) is 6.61 Å². The fraction of sp³-hybridized carbons (Fsp3) is 0.214. The van der Waals surface area contributed by atoms with Crippen LogP contribution >= 0.6 is 0 Å². The number of carboxylic acid groups (broad SMARTS) is 1. The summed E-state index contributed by atoms with van der Waals surface area (Å²) < 4.78 is 6.72. The largest absolute Gasteiger partial charge is 0.477 e. The van der Waals surface area contributed by atoms with E-state index in [2.05, 4.69) is 0 Å². The van der Waals surface area contributed by atoms with Crippen molar-refractivity contribution < 1.29 is 14.6 Å². The Hall–Kier alpha value is -2.07. The molecule has 0 aliphatic heterocycles. The number of benzene rings is 1. The second-order valence-electron chi connectivity index (χ2n) is 4.10. The summed E-state index contributed by atoms with van der Waals surface area (Å²) in [6.45, 7) is 0.577. The molecule has 0 radical (unpaired) electrons. The number of aromatic nitrogens is 1. The van der Waals surface area contributed by atoms with Crippen molar-refractivity contribution in [1.82, 2.24) is 4.57 Å². The van der Waals surface area contributed by atoms with Crippen molar-refractivity contribution in [1.29, 1.82) is 0 Å². The van der Waals surface area contributed by atoms with E-state index in [1.165, 1.54) is 0 Å². The lowest BCUT2D eigenvalue weighted by Crippen LogP contribution is -2.05. The van der Waals surface area contributed by atoms with Crippen molar-refractivity contribution in [2.75, 3.05) is 7.11 Å². The minimum atomic E-state index is -0.917. The summed E-state index contributed by atoms with van der Waals surface area (Å²) in [5, 5.41) is 9.00. The molecular weight excluding hydrogens is 230 g/mol. The molecule has 0 fully saturated rings. The van der Waals surface area contributed by atoms with Crippen LogP contribution in [0, 0.1) is 0 Å². The molecule has 4 heteroatoms. The van der Waals surface area contributed by atoms with Gasteiger partial charge in [-0.15, -0.1) is 0 Å². The molecule has 18 heavy (non-hydrogen) atoms. The number of hydrogen-bond acceptors (Lipinski definition) is 2. The third kappa shape index (κ3) is 2.28. The number of ether oxygens (including phenoxy) is 1. The summed E-state index contributed by atoms with van der Waals surface area (Å²) >= 11 is 0. The summed E-state index contributed by atoms with van der Waals surface area (Å²) in [5.74, 6) is -0.917. The zero-order chi connectivity index (χ0) is 13.1. The van der Waals surface area contributed by atoms with Crippen LogP contribution in [0.3, 0.4) is 0 Å². The Morgan fingerprint density at radius 3 is 2.39 bits per heavy atom. The van der Waals surface area contributed by atoms with Gasteiger partial charge in [-0.25, -0.2) is 4.79 Å². The predicted octanol–water partition coefficient (Wildman–Crippen LogP) is 2.54. The first-order valence-corrected chi connectivity index (χ1v) is 5.60. The van der Waals surface area contributed by atoms with Crippen LogP contribution < -0.4 is 0 Å². The number of aromatic carboxylic acids is 1. The molecule has 1 N–H and O–H groups in total. The first-order valence-electron chi connectivity index (χ1n) is 5.60. The zero-order valence-electron chi connectivity index (χ0n) is 10.4. The minimum Gasteiger partial charge on any atom is -0.477 e. The summed E-state index contributed by atoms with van der Waals surface area (Å²) in [4.78, 5) is 11.0. The van der Waals surface area contributed by atoms with Crippen LogP contribution in [0.15, 0.2) is 36.4 Å². The van der Waals surface area contributed by atoms with E-state index in [1.807, 2.05) is 30.3 Å². The molecule has 2 aromatic rings. The van der Waals surface area contributed by atoms with Gasteiger partial charge >= 0.3 is 5.97 Å². The van der Waals surface area contributed by atoms with Gasteiger partial charge in [-0.05, 0) is 23.3 Å². The Morgan fingerprint density at radius 1 is 1.22 bits per heavy atom. The third-order valence-corrected chi connectivity index (χ3v) is 2.90. The molecule has 1 aromatic heterocycles. The van der Waals surface area contributed by atoms with Crippen molar-refractivity contribution in [2.45, 2.75) is 6.61 Å². The Bertz CT molecular complexity index is 555. The summed E-state index contributed by atoms with van der Waals surface area (Å²) in [5.41, 5.74) is 3.25. The molecule has 0 saturated heterocycles. The maximum absolute atomic E-state index is 11.0. The number of carbonyl (C=O) groups is 1. The number of carboxylic acids is 1. The first-order chi connectivity index (χ1) is 8.63.